The Morgan fingerprint density at radius 1 is 1.10 bits per heavy atom. The predicted molar refractivity (Wildman–Crippen MR) is 114 cm³/mol. The predicted octanol–water partition coefficient (Wildman–Crippen LogP) is 2.09. The van der Waals surface area contributed by atoms with Crippen molar-refractivity contribution in [2.75, 3.05) is 11.1 Å². The number of benzene rings is 2. The lowest BCUT2D eigenvalue weighted by Gasteiger charge is -2.09. The third kappa shape index (κ3) is 3.32. The summed E-state index contributed by atoms with van der Waals surface area (Å²) < 4.78 is 0. The number of H-pyrrole nitrogens is 2. The van der Waals surface area contributed by atoms with Crippen LogP contribution in [0.1, 0.15) is 16.7 Å². The summed E-state index contributed by atoms with van der Waals surface area (Å²) >= 11 is 0. The summed E-state index contributed by atoms with van der Waals surface area (Å²) in [4.78, 5) is 42.3. The fraction of sp³-hybridized carbons (Fsp3) is 0.0952. The van der Waals surface area contributed by atoms with E-state index in [1.165, 1.54) is 0 Å². The Bertz CT molecular complexity index is 1380. The first kappa shape index (κ1) is 17.8. The lowest BCUT2D eigenvalue weighted by Crippen LogP contribution is -2.16. The number of nitrogens with zero attached hydrogens (tertiary/aromatic N) is 3. The molecule has 9 heteroatoms. The molecular formula is C21H17N7O2. The van der Waals surface area contributed by atoms with Crippen molar-refractivity contribution >= 4 is 40.0 Å². The lowest BCUT2D eigenvalue weighted by molar-refractivity contribution is -0.112. The summed E-state index contributed by atoms with van der Waals surface area (Å²) in [6.45, 7) is 0.474. The number of fused-ring (bicyclic) bond motifs is 2. The monoisotopic (exact) mass is 399 g/mol. The molecule has 0 saturated carbocycles. The van der Waals surface area contributed by atoms with Crippen LogP contribution in [0.25, 0.3) is 11.0 Å². The van der Waals surface area contributed by atoms with Crippen LogP contribution in [0.4, 0.5) is 17.5 Å². The number of Topliss-reactive ketones (excluding diaryl/α,β-unsaturated/α-hetero) is 1. The molecule has 0 atom stereocenters. The van der Waals surface area contributed by atoms with Crippen molar-refractivity contribution in [1.29, 1.82) is 0 Å². The van der Waals surface area contributed by atoms with Gasteiger partial charge in [-0.2, -0.15) is 4.98 Å². The minimum atomic E-state index is -0.270. The van der Waals surface area contributed by atoms with Crippen molar-refractivity contribution < 1.29 is 4.79 Å². The van der Waals surface area contributed by atoms with Crippen molar-refractivity contribution in [3.63, 3.8) is 0 Å². The van der Waals surface area contributed by atoms with Crippen molar-refractivity contribution in [3.05, 3.63) is 75.8 Å². The van der Waals surface area contributed by atoms with E-state index in [0.717, 1.165) is 22.4 Å². The van der Waals surface area contributed by atoms with Gasteiger partial charge in [0, 0.05) is 23.9 Å². The third-order valence-corrected chi connectivity index (χ3v) is 4.93. The molecule has 0 unspecified atom stereocenters. The molecule has 4 aromatic rings. The SMILES string of the molecule is Nc1nccc(Nc2ccc3c(c2)C(C(=O)Cc2ccc4[nH]c(=O)[nH]c4c2)=NC3)n1. The average molecular weight is 399 g/mol. The van der Waals surface area contributed by atoms with E-state index in [9.17, 15) is 9.59 Å². The Kier molecular flexibility index (Phi) is 4.13. The number of aromatic amines is 2. The normalized spacial score (nSPS) is 12.6. The van der Waals surface area contributed by atoms with E-state index in [2.05, 4.69) is 30.2 Å². The summed E-state index contributed by atoms with van der Waals surface area (Å²) in [5, 5.41) is 3.17. The van der Waals surface area contributed by atoms with Crippen LogP contribution in [0.2, 0.25) is 0 Å². The van der Waals surface area contributed by atoms with Crippen molar-refractivity contribution in [2.24, 2.45) is 4.99 Å². The smallest absolute Gasteiger partial charge is 0.323 e. The van der Waals surface area contributed by atoms with Crippen molar-refractivity contribution in [1.82, 2.24) is 19.9 Å². The van der Waals surface area contributed by atoms with E-state index >= 15 is 0 Å². The summed E-state index contributed by atoms with van der Waals surface area (Å²) in [5.74, 6) is 0.674. The van der Waals surface area contributed by atoms with E-state index in [1.807, 2.05) is 24.3 Å². The zero-order valence-corrected chi connectivity index (χ0v) is 15.8. The Labute approximate surface area is 170 Å². The highest BCUT2D eigenvalue weighted by Gasteiger charge is 2.23. The number of carbonyl (C=O) groups excluding carboxylic acids is 1. The molecule has 0 amide bonds. The molecule has 0 saturated heterocycles. The van der Waals surface area contributed by atoms with Gasteiger partial charge in [-0.3, -0.25) is 9.79 Å². The Morgan fingerprint density at radius 3 is 2.83 bits per heavy atom. The molecule has 3 heterocycles. The van der Waals surface area contributed by atoms with E-state index in [-0.39, 0.29) is 23.8 Å². The number of carbonyl (C=O) groups is 1. The van der Waals surface area contributed by atoms with Gasteiger partial charge in [-0.05, 0) is 41.5 Å². The topological polar surface area (TPSA) is 142 Å². The van der Waals surface area contributed by atoms with Crippen LogP contribution in [0.15, 0.2) is 58.4 Å². The van der Waals surface area contributed by atoms with Gasteiger partial charge in [-0.15, -0.1) is 0 Å². The molecule has 0 spiro atoms. The number of imidazole rings is 1. The van der Waals surface area contributed by atoms with Gasteiger partial charge in [0.2, 0.25) is 5.95 Å². The maximum absolute atomic E-state index is 13.0. The van der Waals surface area contributed by atoms with Crippen LogP contribution in [0.3, 0.4) is 0 Å². The maximum Gasteiger partial charge on any atom is 0.323 e. The molecule has 0 radical (unpaired) electrons. The molecule has 30 heavy (non-hydrogen) atoms. The Morgan fingerprint density at radius 2 is 1.97 bits per heavy atom. The quantitative estimate of drug-likeness (QED) is 0.405. The van der Waals surface area contributed by atoms with Gasteiger partial charge < -0.3 is 21.0 Å². The lowest BCUT2D eigenvalue weighted by atomic mass is 9.98. The molecule has 148 valence electrons. The van der Waals surface area contributed by atoms with Crippen LogP contribution in [0.5, 0.6) is 0 Å². The van der Waals surface area contributed by atoms with Crippen LogP contribution >= 0.6 is 0 Å². The number of rotatable bonds is 5. The van der Waals surface area contributed by atoms with E-state index in [0.29, 0.717) is 29.1 Å². The largest absolute Gasteiger partial charge is 0.368 e. The standard InChI is InChI=1S/C21H17N7O2/c22-20-23-6-5-18(28-20)25-13-3-2-12-10-24-19(14(12)9-13)17(29)8-11-1-4-15-16(7-11)27-21(30)26-15/h1-7,9H,8,10H2,(H2,26,27,30)(H3,22,23,25,28). The van der Waals surface area contributed by atoms with Gasteiger partial charge in [0.1, 0.15) is 11.5 Å². The zero-order chi connectivity index (χ0) is 20.7. The maximum atomic E-state index is 13.0. The zero-order valence-electron chi connectivity index (χ0n) is 15.8. The number of ketones is 1. The van der Waals surface area contributed by atoms with Gasteiger partial charge in [0.25, 0.3) is 0 Å². The number of nitrogens with one attached hydrogen (secondary N) is 3. The van der Waals surface area contributed by atoms with E-state index in [4.69, 9.17) is 5.73 Å². The number of anilines is 3. The highest BCUT2D eigenvalue weighted by atomic mass is 16.1. The van der Waals surface area contributed by atoms with Crippen LogP contribution in [-0.2, 0) is 17.8 Å². The number of hydrogen-bond donors (Lipinski definition) is 4. The number of aromatic nitrogens is 4. The summed E-state index contributed by atoms with van der Waals surface area (Å²) in [6.07, 6.45) is 1.77. The second-order valence-electron chi connectivity index (χ2n) is 7.02. The minimum absolute atomic E-state index is 0.0746. The van der Waals surface area contributed by atoms with E-state index < -0.39 is 0 Å². The first-order valence-corrected chi connectivity index (χ1v) is 9.32. The van der Waals surface area contributed by atoms with Gasteiger partial charge in [0.05, 0.1) is 17.6 Å². The first-order chi connectivity index (χ1) is 14.5. The Hall–Kier alpha value is -4.27. The van der Waals surface area contributed by atoms with Crippen molar-refractivity contribution in [3.8, 4) is 0 Å². The highest BCUT2D eigenvalue weighted by molar-refractivity contribution is 6.47. The molecule has 9 nitrogen and oxygen atoms in total. The van der Waals surface area contributed by atoms with Gasteiger partial charge in [0.15, 0.2) is 5.78 Å². The average Bonchev–Trinajstić information content (AvgIpc) is 3.29. The molecule has 5 N–H and O–H groups in total. The molecule has 0 bridgehead atoms. The Balaban J connectivity index is 1.38. The molecule has 1 aliphatic heterocycles. The second kappa shape index (κ2) is 6.96. The van der Waals surface area contributed by atoms with Crippen LogP contribution < -0.4 is 16.7 Å². The molecule has 0 fully saturated rings. The third-order valence-electron chi connectivity index (χ3n) is 4.93. The molecule has 5 rings (SSSR count). The highest BCUT2D eigenvalue weighted by Crippen LogP contribution is 2.26. The van der Waals surface area contributed by atoms with Gasteiger partial charge in [-0.1, -0.05) is 12.1 Å². The summed E-state index contributed by atoms with van der Waals surface area (Å²) in [6, 6.07) is 12.9. The van der Waals surface area contributed by atoms with Gasteiger partial charge in [-0.25, -0.2) is 9.78 Å². The van der Waals surface area contributed by atoms with Crippen molar-refractivity contribution in [2.45, 2.75) is 13.0 Å². The summed E-state index contributed by atoms with van der Waals surface area (Å²) in [7, 11) is 0. The summed E-state index contributed by atoms with van der Waals surface area (Å²) in [5.41, 5.74) is 10.6. The molecule has 1 aliphatic rings. The molecule has 2 aromatic carbocycles. The fourth-order valence-electron chi connectivity index (χ4n) is 3.55. The number of nitrogen functional groups attached to an aromatic ring is 1. The van der Waals surface area contributed by atoms with Gasteiger partial charge >= 0.3 is 5.69 Å². The molecular weight excluding hydrogens is 382 g/mol. The fourth-order valence-corrected chi connectivity index (χ4v) is 3.55. The number of aliphatic imine (C=N–C) groups is 1. The molecule has 0 aliphatic carbocycles. The number of hydrogen-bond acceptors (Lipinski definition) is 7. The first-order valence-electron chi connectivity index (χ1n) is 9.32. The second-order valence-corrected chi connectivity index (χ2v) is 7.02. The van der Waals surface area contributed by atoms with Crippen LogP contribution in [0, 0.1) is 0 Å². The van der Waals surface area contributed by atoms with Crippen LogP contribution in [-0.4, -0.2) is 31.4 Å². The van der Waals surface area contributed by atoms with E-state index in [1.54, 1.807) is 24.4 Å². The number of nitrogens with two attached hydrogens (primary N) is 1. The minimum Gasteiger partial charge on any atom is -0.368 e. The molecule has 2 aromatic heterocycles.